The van der Waals surface area contributed by atoms with E-state index in [1.807, 2.05) is 48.5 Å². The lowest BCUT2D eigenvalue weighted by molar-refractivity contribution is 0.709. The van der Waals surface area contributed by atoms with E-state index in [1.54, 1.807) is 13.1 Å². The van der Waals surface area contributed by atoms with Gasteiger partial charge in [-0.3, -0.25) is 14.8 Å². The van der Waals surface area contributed by atoms with Gasteiger partial charge in [0, 0.05) is 6.42 Å². The predicted octanol–water partition coefficient (Wildman–Crippen LogP) is 4.28. The molecule has 0 bridgehead atoms. The summed E-state index contributed by atoms with van der Waals surface area (Å²) in [5, 5.41) is 18.8. The summed E-state index contributed by atoms with van der Waals surface area (Å²) in [6.07, 6.45) is 2.48. The highest BCUT2D eigenvalue weighted by molar-refractivity contribution is 6.03. The molecule has 2 heterocycles. The van der Waals surface area contributed by atoms with Crippen molar-refractivity contribution in [3.05, 3.63) is 118 Å². The van der Waals surface area contributed by atoms with E-state index in [4.69, 9.17) is 5.10 Å². The van der Waals surface area contributed by atoms with Crippen molar-refractivity contribution in [2.24, 2.45) is 10.2 Å². The first-order chi connectivity index (χ1) is 16.7. The fraction of sp³-hybridized carbons (Fsp3) is 0.115. The molecule has 5 rings (SSSR count). The number of benzene rings is 3. The average Bonchev–Trinajstić information content (AvgIpc) is 3.33. The zero-order valence-corrected chi connectivity index (χ0v) is 18.6. The Balaban J connectivity index is 1.36. The summed E-state index contributed by atoms with van der Waals surface area (Å²) in [5.74, 6) is 0.189. The number of hydrogen-bond donors (Lipinski definition) is 2. The smallest absolute Gasteiger partial charge is 0.274 e. The number of nitrogens with zero attached hydrogens (tertiary/aromatic N) is 5. The molecule has 8 nitrogen and oxygen atoms in total. The van der Waals surface area contributed by atoms with E-state index >= 15 is 0 Å². The van der Waals surface area contributed by atoms with Gasteiger partial charge < -0.3 is 0 Å². The van der Waals surface area contributed by atoms with Crippen LogP contribution in [0.25, 0.3) is 0 Å². The van der Waals surface area contributed by atoms with Gasteiger partial charge in [0.1, 0.15) is 5.69 Å². The first-order valence-electron chi connectivity index (χ1n) is 11.0. The van der Waals surface area contributed by atoms with Gasteiger partial charge in [-0.15, -0.1) is 10.2 Å². The van der Waals surface area contributed by atoms with Gasteiger partial charge in [-0.1, -0.05) is 72.8 Å². The van der Waals surface area contributed by atoms with Crippen LogP contribution in [0.5, 0.6) is 0 Å². The number of hydrogen-bond acceptors (Lipinski definition) is 7. The first kappa shape index (κ1) is 21.3. The zero-order valence-electron chi connectivity index (χ0n) is 18.6. The van der Waals surface area contributed by atoms with Crippen LogP contribution in [0.4, 0.5) is 11.6 Å². The summed E-state index contributed by atoms with van der Waals surface area (Å²) in [5.41, 5.74) is 8.01. The molecule has 168 valence electrons. The standard InChI is InChI=1S/C26H23N7O/c1-18-25(34)28-26(31-29-18)30-27-17-19-12-14-22(15-13-19)33-24(21-10-6-3-7-11-21)16-23(32-33)20-8-4-2-5-9-20/h2-15,17,24H,16H2,1H3,(H2,28,30,31,34)/b27-17-/t24-/m0/s1. The van der Waals surface area contributed by atoms with Crippen LogP contribution in [0.2, 0.25) is 0 Å². The Labute approximate surface area is 196 Å². The topological polar surface area (TPSA) is 98.6 Å². The molecule has 3 aromatic carbocycles. The summed E-state index contributed by atoms with van der Waals surface area (Å²) in [7, 11) is 0. The molecule has 4 aromatic rings. The Morgan fingerprint density at radius 2 is 1.68 bits per heavy atom. The minimum absolute atomic E-state index is 0.120. The van der Waals surface area contributed by atoms with Crippen LogP contribution in [0, 0.1) is 6.92 Å². The van der Waals surface area contributed by atoms with Gasteiger partial charge in [0.05, 0.1) is 23.7 Å². The Morgan fingerprint density at radius 3 is 2.38 bits per heavy atom. The van der Waals surface area contributed by atoms with E-state index in [1.165, 1.54) is 5.56 Å². The monoisotopic (exact) mass is 449 g/mol. The number of anilines is 2. The second-order valence-electron chi connectivity index (χ2n) is 7.94. The molecular weight excluding hydrogens is 426 g/mol. The van der Waals surface area contributed by atoms with Crippen LogP contribution in [0.15, 0.2) is 99.9 Å². The lowest BCUT2D eigenvalue weighted by Gasteiger charge is -2.24. The molecule has 0 saturated carbocycles. The Bertz CT molecular complexity index is 1380. The lowest BCUT2D eigenvalue weighted by Crippen LogP contribution is -2.18. The fourth-order valence-electron chi connectivity index (χ4n) is 3.81. The van der Waals surface area contributed by atoms with Crippen LogP contribution >= 0.6 is 0 Å². The maximum absolute atomic E-state index is 11.6. The summed E-state index contributed by atoms with van der Waals surface area (Å²) >= 11 is 0. The largest absolute Gasteiger partial charge is 0.288 e. The normalized spacial score (nSPS) is 15.5. The number of rotatable bonds is 6. The van der Waals surface area contributed by atoms with E-state index in [-0.39, 0.29) is 17.5 Å². The van der Waals surface area contributed by atoms with Crippen molar-refractivity contribution in [3.63, 3.8) is 0 Å². The van der Waals surface area contributed by atoms with Crippen molar-refractivity contribution in [2.45, 2.75) is 19.4 Å². The molecule has 1 aromatic heterocycles. The average molecular weight is 450 g/mol. The highest BCUT2D eigenvalue weighted by Gasteiger charge is 2.29. The van der Waals surface area contributed by atoms with Crippen molar-refractivity contribution in [1.29, 1.82) is 0 Å². The highest BCUT2D eigenvalue weighted by atomic mass is 16.1. The van der Waals surface area contributed by atoms with Crippen LogP contribution in [0.1, 0.15) is 34.8 Å². The Morgan fingerprint density at radius 1 is 0.971 bits per heavy atom. The van der Waals surface area contributed by atoms with Crippen LogP contribution in [0.3, 0.4) is 0 Å². The minimum Gasteiger partial charge on any atom is -0.288 e. The van der Waals surface area contributed by atoms with Gasteiger partial charge in [-0.2, -0.15) is 10.2 Å². The van der Waals surface area contributed by atoms with Crippen LogP contribution < -0.4 is 16.0 Å². The van der Waals surface area contributed by atoms with Gasteiger partial charge in [0.2, 0.25) is 5.95 Å². The fourth-order valence-corrected chi connectivity index (χ4v) is 3.81. The molecule has 0 aliphatic carbocycles. The number of aromatic nitrogens is 3. The molecule has 1 aliphatic heterocycles. The number of H-pyrrole nitrogens is 1. The molecule has 1 atom stereocenters. The van der Waals surface area contributed by atoms with Gasteiger partial charge in [-0.05, 0) is 35.7 Å². The van der Waals surface area contributed by atoms with E-state index in [0.717, 1.165) is 28.9 Å². The van der Waals surface area contributed by atoms with E-state index in [0.29, 0.717) is 5.69 Å². The summed E-state index contributed by atoms with van der Waals surface area (Å²) in [6, 6.07) is 28.9. The molecule has 2 N–H and O–H groups in total. The van der Waals surface area contributed by atoms with Gasteiger partial charge in [-0.25, -0.2) is 5.43 Å². The summed E-state index contributed by atoms with van der Waals surface area (Å²) in [4.78, 5) is 14.2. The van der Waals surface area contributed by atoms with Crippen molar-refractivity contribution in [1.82, 2.24) is 15.2 Å². The third kappa shape index (κ3) is 4.61. The molecule has 0 saturated heterocycles. The molecule has 1 aliphatic rings. The van der Waals surface area contributed by atoms with E-state index in [2.05, 4.69) is 67.1 Å². The Hall–Kier alpha value is -4.59. The van der Waals surface area contributed by atoms with Gasteiger partial charge in [0.25, 0.3) is 5.56 Å². The quantitative estimate of drug-likeness (QED) is 0.338. The second-order valence-corrected chi connectivity index (χ2v) is 7.94. The van der Waals surface area contributed by atoms with Crippen molar-refractivity contribution < 1.29 is 0 Å². The van der Waals surface area contributed by atoms with Gasteiger partial charge in [0.15, 0.2) is 0 Å². The number of nitrogens with one attached hydrogen (secondary N) is 2. The molecule has 0 amide bonds. The number of hydrazone groups is 2. The summed E-state index contributed by atoms with van der Waals surface area (Å²) in [6.45, 7) is 1.59. The summed E-state index contributed by atoms with van der Waals surface area (Å²) < 4.78 is 0. The maximum Gasteiger partial charge on any atom is 0.274 e. The molecule has 34 heavy (non-hydrogen) atoms. The van der Waals surface area contributed by atoms with Crippen molar-refractivity contribution >= 4 is 23.6 Å². The molecule has 0 unspecified atom stereocenters. The third-order valence-electron chi connectivity index (χ3n) is 5.60. The maximum atomic E-state index is 11.6. The lowest BCUT2D eigenvalue weighted by atomic mass is 9.98. The van der Waals surface area contributed by atoms with Crippen molar-refractivity contribution in [2.75, 3.05) is 10.4 Å². The molecule has 0 radical (unpaired) electrons. The van der Waals surface area contributed by atoms with E-state index < -0.39 is 0 Å². The van der Waals surface area contributed by atoms with Crippen LogP contribution in [-0.2, 0) is 0 Å². The molecule has 8 heteroatoms. The minimum atomic E-state index is -0.300. The van der Waals surface area contributed by atoms with Crippen molar-refractivity contribution in [3.8, 4) is 0 Å². The van der Waals surface area contributed by atoms with Crippen LogP contribution in [-0.4, -0.2) is 27.1 Å². The molecule has 0 fully saturated rings. The number of aromatic amines is 1. The SMILES string of the molecule is Cc1nnc(N/N=C\c2ccc(N3N=C(c4ccccc4)C[C@H]3c3ccccc3)cc2)[nH]c1=O. The highest BCUT2D eigenvalue weighted by Crippen LogP contribution is 2.36. The first-order valence-corrected chi connectivity index (χ1v) is 11.0. The molecule has 0 spiro atoms. The van der Waals surface area contributed by atoms with Gasteiger partial charge >= 0.3 is 0 Å². The second kappa shape index (κ2) is 9.50. The predicted molar refractivity (Wildman–Crippen MR) is 134 cm³/mol. The number of aryl methyl sites for hydroxylation is 1. The van der Waals surface area contributed by atoms with E-state index in [9.17, 15) is 4.79 Å². The zero-order chi connectivity index (χ0) is 23.3. The third-order valence-corrected chi connectivity index (χ3v) is 5.60. The molecular formula is C26H23N7O. The Kier molecular flexibility index (Phi) is 5.94.